The molecule has 0 aromatic rings. The van der Waals surface area contributed by atoms with Gasteiger partial charge in [0.15, 0.2) is 0 Å². The molecular weight excluding hydrogens is 156 g/mol. The molecule has 0 bridgehead atoms. The predicted molar refractivity (Wildman–Crippen MR) is 50.9 cm³/mol. The van der Waals surface area contributed by atoms with Crippen molar-refractivity contribution >= 4 is 11.8 Å². The minimum absolute atomic E-state index is 0.263. The summed E-state index contributed by atoms with van der Waals surface area (Å²) in [5.41, 5.74) is 1.12. The van der Waals surface area contributed by atoms with E-state index in [-0.39, 0.29) is 6.10 Å². The number of hydrogen-bond donors (Lipinski definition) is 1. The molecule has 1 nitrogen and oxygen atoms in total. The van der Waals surface area contributed by atoms with Gasteiger partial charge in [-0.25, -0.2) is 0 Å². The Balaban J connectivity index is 2.42. The second-order valence-corrected chi connectivity index (χ2v) is 4.36. The molecule has 0 amide bonds. The molecule has 1 heterocycles. The minimum atomic E-state index is -0.263. The van der Waals surface area contributed by atoms with E-state index in [0.717, 1.165) is 11.5 Å². The lowest BCUT2D eigenvalue weighted by atomic mass is 10.0. The van der Waals surface area contributed by atoms with Crippen molar-refractivity contribution in [3.63, 3.8) is 0 Å². The summed E-state index contributed by atoms with van der Waals surface area (Å²) in [6, 6.07) is 0. The Labute approximate surface area is 72.9 Å². The maximum Gasteiger partial charge on any atom is 0.0719 e. The van der Waals surface area contributed by atoms with Crippen molar-refractivity contribution in [2.45, 2.75) is 26.4 Å². The average molecular weight is 172 g/mol. The van der Waals surface area contributed by atoms with Gasteiger partial charge in [-0.15, -0.1) is 0 Å². The van der Waals surface area contributed by atoms with Crippen molar-refractivity contribution in [1.82, 2.24) is 0 Å². The van der Waals surface area contributed by atoms with Gasteiger partial charge in [0, 0.05) is 0 Å². The van der Waals surface area contributed by atoms with Gasteiger partial charge in [-0.1, -0.05) is 6.08 Å². The molecule has 1 fully saturated rings. The summed E-state index contributed by atoms with van der Waals surface area (Å²) >= 11 is 2.01. The fraction of sp³-hybridized carbons (Fsp3) is 0.778. The van der Waals surface area contributed by atoms with Crippen LogP contribution in [0.3, 0.4) is 0 Å². The van der Waals surface area contributed by atoms with Crippen molar-refractivity contribution in [2.24, 2.45) is 5.92 Å². The third-order valence-corrected chi connectivity index (χ3v) is 3.31. The second-order valence-electron chi connectivity index (χ2n) is 3.21. The van der Waals surface area contributed by atoms with E-state index < -0.39 is 0 Å². The zero-order chi connectivity index (χ0) is 8.27. The number of allylic oxidation sites excluding steroid dienone is 1. The molecule has 0 saturated carbocycles. The number of aliphatic hydroxyl groups is 1. The average Bonchev–Trinajstić information content (AvgIpc) is 2.39. The number of rotatable bonds is 2. The van der Waals surface area contributed by atoms with Gasteiger partial charge in [-0.2, -0.15) is 11.8 Å². The lowest BCUT2D eigenvalue weighted by molar-refractivity contribution is 0.230. The van der Waals surface area contributed by atoms with Crippen LogP contribution < -0.4 is 0 Å². The van der Waals surface area contributed by atoms with Gasteiger partial charge in [0.2, 0.25) is 0 Å². The highest BCUT2D eigenvalue weighted by atomic mass is 32.2. The van der Waals surface area contributed by atoms with E-state index in [1.165, 1.54) is 17.9 Å². The molecule has 64 valence electrons. The van der Waals surface area contributed by atoms with Gasteiger partial charge < -0.3 is 5.11 Å². The third-order valence-electron chi connectivity index (χ3n) is 2.12. The fourth-order valence-electron chi connectivity index (χ4n) is 1.20. The van der Waals surface area contributed by atoms with Gasteiger partial charge in [-0.3, -0.25) is 0 Å². The topological polar surface area (TPSA) is 20.2 Å². The summed E-state index contributed by atoms with van der Waals surface area (Å²) in [5, 5.41) is 9.21. The van der Waals surface area contributed by atoms with Gasteiger partial charge in [0.25, 0.3) is 0 Å². The van der Waals surface area contributed by atoms with Crippen molar-refractivity contribution in [1.29, 1.82) is 0 Å². The molecule has 0 aromatic heterocycles. The summed E-state index contributed by atoms with van der Waals surface area (Å²) in [7, 11) is 0. The first-order chi connectivity index (χ1) is 5.20. The van der Waals surface area contributed by atoms with Crippen LogP contribution >= 0.6 is 11.8 Å². The normalized spacial score (nSPS) is 29.0. The lowest BCUT2D eigenvalue weighted by Gasteiger charge is -2.07. The molecule has 1 aliphatic heterocycles. The fourth-order valence-corrected chi connectivity index (χ4v) is 2.40. The molecule has 0 aliphatic carbocycles. The van der Waals surface area contributed by atoms with Crippen LogP contribution in [0.4, 0.5) is 0 Å². The maximum absolute atomic E-state index is 9.21. The summed E-state index contributed by atoms with van der Waals surface area (Å²) in [4.78, 5) is 0. The SMILES string of the molecule is C/C(=C\C1CCSC1)C(C)O. The quantitative estimate of drug-likeness (QED) is 0.643. The number of thioether (sulfide) groups is 1. The Kier molecular flexibility index (Phi) is 3.46. The smallest absolute Gasteiger partial charge is 0.0719 e. The van der Waals surface area contributed by atoms with E-state index in [9.17, 15) is 5.11 Å². The van der Waals surface area contributed by atoms with Crippen LogP contribution in [-0.4, -0.2) is 22.7 Å². The van der Waals surface area contributed by atoms with E-state index in [2.05, 4.69) is 6.08 Å². The third kappa shape index (κ3) is 2.88. The van der Waals surface area contributed by atoms with E-state index in [4.69, 9.17) is 0 Å². The number of aliphatic hydroxyl groups excluding tert-OH is 1. The van der Waals surface area contributed by atoms with E-state index in [1.807, 2.05) is 25.6 Å². The van der Waals surface area contributed by atoms with Crippen LogP contribution in [0.2, 0.25) is 0 Å². The highest BCUT2D eigenvalue weighted by Gasteiger charge is 2.13. The lowest BCUT2D eigenvalue weighted by Crippen LogP contribution is -2.04. The largest absolute Gasteiger partial charge is 0.389 e. The Morgan fingerprint density at radius 1 is 1.73 bits per heavy atom. The molecule has 1 N–H and O–H groups in total. The van der Waals surface area contributed by atoms with E-state index >= 15 is 0 Å². The molecule has 0 aromatic carbocycles. The highest BCUT2D eigenvalue weighted by Crippen LogP contribution is 2.25. The molecule has 1 rings (SSSR count). The standard InChI is InChI=1S/C9H16OS/c1-7(8(2)10)5-9-3-4-11-6-9/h5,8-10H,3-4,6H2,1-2H3/b7-5+. The van der Waals surface area contributed by atoms with Crippen molar-refractivity contribution in [3.8, 4) is 0 Å². The first-order valence-corrected chi connectivity index (χ1v) is 5.29. The Morgan fingerprint density at radius 2 is 2.45 bits per heavy atom. The van der Waals surface area contributed by atoms with Crippen LogP contribution in [0.15, 0.2) is 11.6 Å². The summed E-state index contributed by atoms with van der Waals surface area (Å²) in [6.07, 6.45) is 3.25. The van der Waals surface area contributed by atoms with Crippen LogP contribution in [-0.2, 0) is 0 Å². The summed E-state index contributed by atoms with van der Waals surface area (Å²) < 4.78 is 0. The van der Waals surface area contributed by atoms with Gasteiger partial charge >= 0.3 is 0 Å². The molecule has 0 radical (unpaired) electrons. The highest BCUT2D eigenvalue weighted by molar-refractivity contribution is 7.99. The summed E-state index contributed by atoms with van der Waals surface area (Å²) in [6.45, 7) is 3.83. The molecular formula is C9H16OS. The molecule has 2 heteroatoms. The van der Waals surface area contributed by atoms with Crippen molar-refractivity contribution < 1.29 is 5.11 Å². The second kappa shape index (κ2) is 4.17. The zero-order valence-electron chi connectivity index (χ0n) is 7.21. The number of hydrogen-bond acceptors (Lipinski definition) is 2. The molecule has 1 aliphatic rings. The Hall–Kier alpha value is 0.0500. The maximum atomic E-state index is 9.21. The summed E-state index contributed by atoms with van der Waals surface area (Å²) in [5.74, 6) is 3.24. The van der Waals surface area contributed by atoms with Crippen molar-refractivity contribution in [3.05, 3.63) is 11.6 Å². The van der Waals surface area contributed by atoms with Gasteiger partial charge in [0.1, 0.15) is 0 Å². The first-order valence-electron chi connectivity index (χ1n) is 4.14. The molecule has 2 unspecified atom stereocenters. The van der Waals surface area contributed by atoms with E-state index in [0.29, 0.717) is 0 Å². The van der Waals surface area contributed by atoms with Crippen LogP contribution in [0.1, 0.15) is 20.3 Å². The first kappa shape index (κ1) is 9.14. The molecule has 0 spiro atoms. The molecule has 2 atom stereocenters. The Bertz CT molecular complexity index is 146. The van der Waals surface area contributed by atoms with Crippen LogP contribution in [0.25, 0.3) is 0 Å². The van der Waals surface area contributed by atoms with Crippen molar-refractivity contribution in [2.75, 3.05) is 11.5 Å². The monoisotopic (exact) mass is 172 g/mol. The Morgan fingerprint density at radius 3 is 2.91 bits per heavy atom. The van der Waals surface area contributed by atoms with E-state index in [1.54, 1.807) is 0 Å². The zero-order valence-corrected chi connectivity index (χ0v) is 8.03. The van der Waals surface area contributed by atoms with Gasteiger partial charge in [0.05, 0.1) is 6.10 Å². The predicted octanol–water partition coefficient (Wildman–Crippen LogP) is 2.07. The minimum Gasteiger partial charge on any atom is -0.389 e. The molecule has 1 saturated heterocycles. The van der Waals surface area contributed by atoms with Crippen LogP contribution in [0.5, 0.6) is 0 Å². The van der Waals surface area contributed by atoms with Crippen LogP contribution in [0, 0.1) is 5.92 Å². The molecule has 11 heavy (non-hydrogen) atoms. The van der Waals surface area contributed by atoms with Gasteiger partial charge in [-0.05, 0) is 43.3 Å².